The van der Waals surface area contributed by atoms with Crippen LogP contribution in [0.4, 0.5) is 0 Å². The lowest BCUT2D eigenvalue weighted by atomic mass is 10.1. The van der Waals surface area contributed by atoms with Crippen LogP contribution in [0.3, 0.4) is 0 Å². The van der Waals surface area contributed by atoms with Crippen molar-refractivity contribution in [2.24, 2.45) is 0 Å². The third-order valence-corrected chi connectivity index (χ3v) is 4.22. The number of hydrogen-bond acceptors (Lipinski definition) is 3. The minimum absolute atomic E-state index is 0.120. The molecule has 0 heterocycles. The predicted molar refractivity (Wildman–Crippen MR) is 90.4 cm³/mol. The average Bonchev–Trinajstić information content (AvgIpc) is 2.53. The second-order valence-corrected chi connectivity index (χ2v) is 5.98. The molecule has 2 rings (SSSR count). The summed E-state index contributed by atoms with van der Waals surface area (Å²) in [5.74, 6) is 0.824. The molecule has 0 bridgehead atoms. The summed E-state index contributed by atoms with van der Waals surface area (Å²) in [6, 6.07) is 16.2. The van der Waals surface area contributed by atoms with Gasteiger partial charge in [0.15, 0.2) is 0 Å². The number of thioether (sulfide) groups is 1. The second-order valence-electron chi connectivity index (χ2n) is 4.99. The number of carbonyl (C=O) groups is 1. The van der Waals surface area contributed by atoms with Crippen LogP contribution in [-0.2, 0) is 23.6 Å². The third kappa shape index (κ3) is 5.45. The zero-order valence-electron chi connectivity index (χ0n) is 12.6. The van der Waals surface area contributed by atoms with Gasteiger partial charge in [-0.1, -0.05) is 43.3 Å². The van der Waals surface area contributed by atoms with E-state index in [1.54, 1.807) is 0 Å². The summed E-state index contributed by atoms with van der Waals surface area (Å²) in [6.07, 6.45) is 1.04. The van der Waals surface area contributed by atoms with E-state index in [9.17, 15) is 4.79 Å². The van der Waals surface area contributed by atoms with Crippen LogP contribution in [0.15, 0.2) is 48.5 Å². The number of aliphatic carboxylic acids is 1. The van der Waals surface area contributed by atoms with Gasteiger partial charge in [-0.2, -0.15) is 0 Å². The highest BCUT2D eigenvalue weighted by Crippen LogP contribution is 2.19. The van der Waals surface area contributed by atoms with Crippen molar-refractivity contribution in [2.45, 2.75) is 25.7 Å². The first-order chi connectivity index (χ1) is 10.7. The lowest BCUT2D eigenvalue weighted by Crippen LogP contribution is -1.99. The minimum atomic E-state index is -0.784. The van der Waals surface area contributed by atoms with Gasteiger partial charge in [0.05, 0.1) is 5.75 Å². The molecule has 116 valence electrons. The minimum Gasteiger partial charge on any atom is -0.489 e. The Morgan fingerprint density at radius 1 is 1.09 bits per heavy atom. The molecule has 0 saturated heterocycles. The Bertz CT molecular complexity index is 608. The van der Waals surface area contributed by atoms with E-state index in [0.717, 1.165) is 23.3 Å². The first kappa shape index (κ1) is 16.4. The maximum absolute atomic E-state index is 10.5. The van der Waals surface area contributed by atoms with E-state index >= 15 is 0 Å². The Kier molecular flexibility index (Phi) is 6.34. The Labute approximate surface area is 135 Å². The van der Waals surface area contributed by atoms with Crippen LogP contribution in [0.25, 0.3) is 0 Å². The van der Waals surface area contributed by atoms with E-state index in [4.69, 9.17) is 9.84 Å². The Hall–Kier alpha value is -1.94. The van der Waals surface area contributed by atoms with Crippen LogP contribution >= 0.6 is 11.8 Å². The maximum Gasteiger partial charge on any atom is 0.313 e. The molecule has 0 aromatic heterocycles. The van der Waals surface area contributed by atoms with Crippen molar-refractivity contribution in [3.8, 4) is 5.75 Å². The van der Waals surface area contributed by atoms with Gasteiger partial charge in [-0.05, 0) is 35.2 Å². The van der Waals surface area contributed by atoms with Crippen molar-refractivity contribution in [3.05, 3.63) is 65.2 Å². The quantitative estimate of drug-likeness (QED) is 0.795. The van der Waals surface area contributed by atoms with Gasteiger partial charge in [0, 0.05) is 5.75 Å². The molecule has 3 nitrogen and oxygen atoms in total. The molecule has 0 fully saturated rings. The number of carboxylic acid groups (broad SMARTS) is 1. The molecular weight excluding hydrogens is 296 g/mol. The summed E-state index contributed by atoms with van der Waals surface area (Å²) >= 11 is 1.39. The second kappa shape index (κ2) is 8.49. The summed E-state index contributed by atoms with van der Waals surface area (Å²) in [4.78, 5) is 10.5. The molecule has 4 heteroatoms. The van der Waals surface area contributed by atoms with Crippen LogP contribution < -0.4 is 4.74 Å². The summed E-state index contributed by atoms with van der Waals surface area (Å²) in [7, 11) is 0. The number of rotatable bonds is 8. The van der Waals surface area contributed by atoms with Crippen LogP contribution in [-0.4, -0.2) is 16.8 Å². The molecule has 0 saturated carbocycles. The standard InChI is InChI=1S/C18H20O3S/c1-2-14-6-8-15(9-7-14)11-21-17-5-3-4-16(10-17)12-22-13-18(19)20/h3-10H,2,11-13H2,1H3,(H,19,20). The first-order valence-corrected chi connectivity index (χ1v) is 8.42. The molecule has 0 aliphatic heterocycles. The molecule has 0 amide bonds. The lowest BCUT2D eigenvalue weighted by Gasteiger charge is -2.08. The molecule has 2 aromatic rings. The van der Waals surface area contributed by atoms with Gasteiger partial charge in [-0.15, -0.1) is 11.8 Å². The molecular formula is C18H20O3S. The normalized spacial score (nSPS) is 10.4. The van der Waals surface area contributed by atoms with E-state index in [1.807, 2.05) is 24.3 Å². The van der Waals surface area contributed by atoms with Gasteiger partial charge in [0.25, 0.3) is 0 Å². The molecule has 0 spiro atoms. The first-order valence-electron chi connectivity index (χ1n) is 7.26. The fourth-order valence-electron chi connectivity index (χ4n) is 2.02. The van der Waals surface area contributed by atoms with E-state index < -0.39 is 5.97 Å². The van der Waals surface area contributed by atoms with E-state index in [0.29, 0.717) is 12.4 Å². The van der Waals surface area contributed by atoms with Crippen LogP contribution in [0.2, 0.25) is 0 Å². The fraction of sp³-hybridized carbons (Fsp3) is 0.278. The Morgan fingerprint density at radius 3 is 2.50 bits per heavy atom. The molecule has 22 heavy (non-hydrogen) atoms. The number of hydrogen-bond donors (Lipinski definition) is 1. The summed E-state index contributed by atoms with van der Waals surface area (Å²) in [5, 5.41) is 8.65. The molecule has 0 radical (unpaired) electrons. The summed E-state index contributed by atoms with van der Waals surface area (Å²) < 4.78 is 5.81. The average molecular weight is 316 g/mol. The van der Waals surface area contributed by atoms with E-state index in [-0.39, 0.29) is 5.75 Å². The van der Waals surface area contributed by atoms with Crippen molar-refractivity contribution in [3.63, 3.8) is 0 Å². The molecule has 0 aliphatic carbocycles. The van der Waals surface area contributed by atoms with Crippen molar-refractivity contribution >= 4 is 17.7 Å². The van der Waals surface area contributed by atoms with Crippen molar-refractivity contribution in [1.29, 1.82) is 0 Å². The van der Waals surface area contributed by atoms with Gasteiger partial charge in [-0.3, -0.25) is 4.79 Å². The molecule has 2 aromatic carbocycles. The highest BCUT2D eigenvalue weighted by atomic mass is 32.2. The highest BCUT2D eigenvalue weighted by Gasteiger charge is 2.01. The predicted octanol–water partition coefficient (Wildman–Crippen LogP) is 4.15. The SMILES string of the molecule is CCc1ccc(COc2cccc(CSCC(=O)O)c2)cc1. The van der Waals surface area contributed by atoms with Crippen LogP contribution in [0, 0.1) is 0 Å². The third-order valence-electron chi connectivity index (χ3n) is 3.23. The number of aryl methyl sites for hydroxylation is 1. The van der Waals surface area contributed by atoms with Crippen molar-refractivity contribution in [1.82, 2.24) is 0 Å². The zero-order chi connectivity index (χ0) is 15.8. The van der Waals surface area contributed by atoms with Gasteiger partial charge >= 0.3 is 5.97 Å². The lowest BCUT2D eigenvalue weighted by molar-refractivity contribution is -0.133. The summed E-state index contributed by atoms with van der Waals surface area (Å²) in [5.41, 5.74) is 3.54. The van der Waals surface area contributed by atoms with Crippen molar-refractivity contribution < 1.29 is 14.6 Å². The number of ether oxygens (including phenoxy) is 1. The zero-order valence-corrected chi connectivity index (χ0v) is 13.4. The van der Waals surface area contributed by atoms with Gasteiger partial charge in [0.1, 0.15) is 12.4 Å². The van der Waals surface area contributed by atoms with E-state index in [1.165, 1.54) is 17.3 Å². The van der Waals surface area contributed by atoms with Crippen LogP contribution in [0.1, 0.15) is 23.6 Å². The number of benzene rings is 2. The Balaban J connectivity index is 1.87. The molecule has 0 unspecified atom stereocenters. The maximum atomic E-state index is 10.5. The largest absolute Gasteiger partial charge is 0.489 e. The molecule has 0 aliphatic rings. The molecule has 1 N–H and O–H groups in total. The fourth-order valence-corrected chi connectivity index (χ4v) is 2.71. The van der Waals surface area contributed by atoms with Gasteiger partial charge < -0.3 is 9.84 Å². The topological polar surface area (TPSA) is 46.5 Å². The Morgan fingerprint density at radius 2 is 1.82 bits per heavy atom. The van der Waals surface area contributed by atoms with Gasteiger partial charge in [0.2, 0.25) is 0 Å². The van der Waals surface area contributed by atoms with Crippen LogP contribution in [0.5, 0.6) is 5.75 Å². The van der Waals surface area contributed by atoms with Gasteiger partial charge in [-0.25, -0.2) is 0 Å². The monoisotopic (exact) mass is 316 g/mol. The summed E-state index contributed by atoms with van der Waals surface area (Å²) in [6.45, 7) is 2.68. The molecule has 0 atom stereocenters. The smallest absolute Gasteiger partial charge is 0.313 e. The van der Waals surface area contributed by atoms with Crippen molar-refractivity contribution in [2.75, 3.05) is 5.75 Å². The van der Waals surface area contributed by atoms with E-state index in [2.05, 4.69) is 31.2 Å². The number of carboxylic acids is 1. The highest BCUT2D eigenvalue weighted by molar-refractivity contribution is 7.99.